The van der Waals surface area contributed by atoms with Crippen LogP contribution in [0, 0.1) is 0 Å². The molecule has 29 heavy (non-hydrogen) atoms. The van der Waals surface area contributed by atoms with E-state index in [1.165, 1.54) is 0 Å². The zero-order chi connectivity index (χ0) is 21.2. The van der Waals surface area contributed by atoms with Crippen LogP contribution < -0.4 is 15.4 Å². The second-order valence-electron chi connectivity index (χ2n) is 6.80. The lowest BCUT2D eigenvalue weighted by molar-refractivity contribution is -0.127. The van der Waals surface area contributed by atoms with Crippen molar-refractivity contribution in [3.05, 3.63) is 59.7 Å². The lowest BCUT2D eigenvalue weighted by Crippen LogP contribution is -2.34. The summed E-state index contributed by atoms with van der Waals surface area (Å²) in [5.74, 6) is 0.481. The van der Waals surface area contributed by atoms with E-state index in [1.54, 1.807) is 43.3 Å². The summed E-state index contributed by atoms with van der Waals surface area (Å²) in [6, 6.07) is 14.3. The summed E-state index contributed by atoms with van der Waals surface area (Å²) in [6.07, 6.45) is 2.41. The predicted molar refractivity (Wildman–Crippen MR) is 119 cm³/mol. The van der Waals surface area contributed by atoms with E-state index >= 15 is 0 Å². The number of amides is 2. The lowest BCUT2D eigenvalue weighted by atomic mass is 10.1. The highest BCUT2D eigenvalue weighted by Crippen LogP contribution is 2.13. The van der Waals surface area contributed by atoms with Crippen LogP contribution in [0.25, 0.3) is 0 Å². The normalized spacial score (nSPS) is 10.2. The Morgan fingerprint density at radius 2 is 1.69 bits per heavy atom. The number of benzene rings is 2. The zero-order valence-electron chi connectivity index (χ0n) is 17.0. The molecule has 0 spiro atoms. The summed E-state index contributed by atoms with van der Waals surface area (Å²) < 4.78 is 5.59. The third-order valence-corrected chi connectivity index (χ3v) is 4.38. The molecular weight excluding hydrogens is 386 g/mol. The smallest absolute Gasteiger partial charge is 0.257 e. The van der Waals surface area contributed by atoms with Gasteiger partial charge in [-0.1, -0.05) is 25.5 Å². The SMILES string of the molecule is CCCCOc1ccc(C(=O)NC(=S)Nc2ccc(CC(=O)N(C)C)cc2)cc1. The lowest BCUT2D eigenvalue weighted by Gasteiger charge is -2.12. The first-order valence-corrected chi connectivity index (χ1v) is 9.94. The van der Waals surface area contributed by atoms with Crippen molar-refractivity contribution < 1.29 is 14.3 Å². The molecule has 0 aliphatic rings. The molecule has 0 atom stereocenters. The number of hydrogen-bond acceptors (Lipinski definition) is 4. The average molecular weight is 414 g/mol. The molecule has 0 unspecified atom stereocenters. The van der Waals surface area contributed by atoms with Crippen LogP contribution in [0.2, 0.25) is 0 Å². The number of hydrogen-bond donors (Lipinski definition) is 2. The molecule has 0 radical (unpaired) electrons. The van der Waals surface area contributed by atoms with Crippen molar-refractivity contribution in [3.63, 3.8) is 0 Å². The van der Waals surface area contributed by atoms with Gasteiger partial charge in [0.15, 0.2) is 5.11 Å². The number of nitrogens with one attached hydrogen (secondary N) is 2. The van der Waals surface area contributed by atoms with Crippen LogP contribution in [0.1, 0.15) is 35.7 Å². The molecule has 154 valence electrons. The Balaban J connectivity index is 1.85. The van der Waals surface area contributed by atoms with Gasteiger partial charge in [0.1, 0.15) is 5.75 Å². The fourth-order valence-corrected chi connectivity index (χ4v) is 2.62. The second kappa shape index (κ2) is 11.2. The standard InChI is InChI=1S/C22H27N3O3S/c1-4-5-14-28-19-12-8-17(9-13-19)21(27)24-22(29)23-18-10-6-16(7-11-18)15-20(26)25(2)3/h6-13H,4-5,14-15H2,1-3H3,(H2,23,24,27,29). The van der Waals surface area contributed by atoms with Crippen molar-refractivity contribution in [1.29, 1.82) is 0 Å². The van der Waals surface area contributed by atoms with E-state index in [2.05, 4.69) is 17.6 Å². The van der Waals surface area contributed by atoms with Crippen LogP contribution in [0.15, 0.2) is 48.5 Å². The Bertz CT molecular complexity index is 833. The summed E-state index contributed by atoms with van der Waals surface area (Å²) in [5.41, 5.74) is 2.14. The van der Waals surface area contributed by atoms with Crippen LogP contribution in [-0.2, 0) is 11.2 Å². The molecule has 2 aromatic carbocycles. The Morgan fingerprint density at radius 3 is 2.28 bits per heavy atom. The minimum Gasteiger partial charge on any atom is -0.494 e. The van der Waals surface area contributed by atoms with Gasteiger partial charge in [0.2, 0.25) is 5.91 Å². The number of carbonyl (C=O) groups is 2. The summed E-state index contributed by atoms with van der Waals surface area (Å²) in [5, 5.41) is 5.83. The topological polar surface area (TPSA) is 70.7 Å². The molecule has 0 aliphatic heterocycles. The second-order valence-corrected chi connectivity index (χ2v) is 7.20. The molecule has 2 aromatic rings. The number of ether oxygens (including phenoxy) is 1. The number of unbranched alkanes of at least 4 members (excludes halogenated alkanes) is 1. The Kier molecular flexibility index (Phi) is 8.61. The molecular formula is C22H27N3O3S. The average Bonchev–Trinajstić information content (AvgIpc) is 2.70. The van der Waals surface area contributed by atoms with E-state index in [4.69, 9.17) is 17.0 Å². The number of anilines is 1. The maximum absolute atomic E-state index is 12.3. The zero-order valence-corrected chi connectivity index (χ0v) is 17.8. The van der Waals surface area contributed by atoms with Crippen molar-refractivity contribution in [3.8, 4) is 5.75 Å². The van der Waals surface area contributed by atoms with Crippen LogP contribution in [-0.4, -0.2) is 42.5 Å². The van der Waals surface area contributed by atoms with E-state index in [-0.39, 0.29) is 16.9 Å². The van der Waals surface area contributed by atoms with E-state index in [1.807, 2.05) is 24.3 Å². The molecule has 0 fully saturated rings. The molecule has 0 heterocycles. The van der Waals surface area contributed by atoms with Gasteiger partial charge < -0.3 is 15.0 Å². The minimum absolute atomic E-state index is 0.0373. The number of carbonyl (C=O) groups excluding carboxylic acids is 2. The summed E-state index contributed by atoms with van der Waals surface area (Å²) in [6.45, 7) is 2.77. The molecule has 0 saturated carbocycles. The van der Waals surface area contributed by atoms with Gasteiger partial charge in [0.25, 0.3) is 5.91 Å². The highest BCUT2D eigenvalue weighted by molar-refractivity contribution is 7.80. The number of rotatable bonds is 8. The Labute approximate surface area is 177 Å². The highest BCUT2D eigenvalue weighted by atomic mass is 32.1. The van der Waals surface area contributed by atoms with Crippen molar-refractivity contribution in [2.24, 2.45) is 0 Å². The van der Waals surface area contributed by atoms with Gasteiger partial charge in [-0.3, -0.25) is 14.9 Å². The summed E-state index contributed by atoms with van der Waals surface area (Å²) in [4.78, 5) is 25.6. The van der Waals surface area contributed by atoms with Gasteiger partial charge >= 0.3 is 0 Å². The van der Waals surface area contributed by atoms with Gasteiger partial charge in [-0.2, -0.15) is 0 Å². The van der Waals surface area contributed by atoms with Crippen LogP contribution in [0.4, 0.5) is 5.69 Å². The molecule has 0 aliphatic carbocycles. The van der Waals surface area contributed by atoms with E-state index in [0.29, 0.717) is 18.6 Å². The van der Waals surface area contributed by atoms with Crippen LogP contribution >= 0.6 is 12.2 Å². The van der Waals surface area contributed by atoms with Crippen molar-refractivity contribution in [2.75, 3.05) is 26.0 Å². The number of likely N-dealkylation sites (N-methyl/N-ethyl adjacent to an activating group) is 1. The fourth-order valence-electron chi connectivity index (χ4n) is 2.41. The molecule has 0 bridgehead atoms. The summed E-state index contributed by atoms with van der Waals surface area (Å²) in [7, 11) is 3.46. The van der Waals surface area contributed by atoms with Crippen molar-refractivity contribution in [1.82, 2.24) is 10.2 Å². The number of thiocarbonyl (C=S) groups is 1. The molecule has 0 saturated heterocycles. The Morgan fingerprint density at radius 1 is 1.03 bits per heavy atom. The van der Waals surface area contributed by atoms with Gasteiger partial charge in [-0.15, -0.1) is 0 Å². The van der Waals surface area contributed by atoms with Gasteiger partial charge in [0, 0.05) is 25.3 Å². The van der Waals surface area contributed by atoms with Crippen molar-refractivity contribution >= 4 is 34.8 Å². The van der Waals surface area contributed by atoms with E-state index in [9.17, 15) is 9.59 Å². The first-order valence-electron chi connectivity index (χ1n) is 9.53. The van der Waals surface area contributed by atoms with E-state index < -0.39 is 0 Å². The third-order valence-electron chi connectivity index (χ3n) is 4.18. The third kappa shape index (κ3) is 7.54. The first-order chi connectivity index (χ1) is 13.9. The predicted octanol–water partition coefficient (Wildman–Crippen LogP) is 3.62. The quantitative estimate of drug-likeness (QED) is 0.511. The molecule has 0 aromatic heterocycles. The number of nitrogens with zero attached hydrogens (tertiary/aromatic N) is 1. The Hall–Kier alpha value is -2.93. The van der Waals surface area contributed by atoms with Crippen LogP contribution in [0.5, 0.6) is 5.75 Å². The maximum atomic E-state index is 12.3. The van der Waals surface area contributed by atoms with E-state index in [0.717, 1.165) is 29.8 Å². The van der Waals surface area contributed by atoms with Gasteiger partial charge in [-0.05, 0) is 60.6 Å². The monoisotopic (exact) mass is 413 g/mol. The molecule has 7 heteroatoms. The maximum Gasteiger partial charge on any atom is 0.257 e. The highest BCUT2D eigenvalue weighted by Gasteiger charge is 2.09. The molecule has 2 amide bonds. The minimum atomic E-state index is -0.296. The van der Waals surface area contributed by atoms with Gasteiger partial charge in [-0.25, -0.2) is 0 Å². The molecule has 2 N–H and O–H groups in total. The molecule has 2 rings (SSSR count). The van der Waals surface area contributed by atoms with Gasteiger partial charge in [0.05, 0.1) is 13.0 Å². The first kappa shape index (κ1) is 22.4. The fraction of sp³-hybridized carbons (Fsp3) is 0.318. The van der Waals surface area contributed by atoms with Crippen molar-refractivity contribution in [2.45, 2.75) is 26.2 Å². The largest absolute Gasteiger partial charge is 0.494 e. The summed E-state index contributed by atoms with van der Waals surface area (Å²) >= 11 is 5.22. The molecule has 6 nitrogen and oxygen atoms in total. The van der Waals surface area contributed by atoms with Crippen LogP contribution in [0.3, 0.4) is 0 Å².